The molecule has 0 fully saturated rings. The number of ether oxygens (including phenoxy) is 2. The van der Waals surface area contributed by atoms with E-state index in [1.165, 1.54) is 20.3 Å². The average molecular weight is 240 g/mol. The molecule has 16 heavy (non-hydrogen) atoms. The zero-order valence-electron chi connectivity index (χ0n) is 8.74. The summed E-state index contributed by atoms with van der Waals surface area (Å²) >= 11 is 1.16. The number of rotatable bonds is 2. The summed E-state index contributed by atoms with van der Waals surface area (Å²) in [6, 6.07) is 4.58. The fourth-order valence-corrected chi connectivity index (χ4v) is 2.54. The fourth-order valence-electron chi connectivity index (χ4n) is 1.44. The number of carbonyl (C=O) groups excluding carboxylic acids is 1. The van der Waals surface area contributed by atoms with Gasteiger partial charge >= 0.3 is 5.97 Å². The molecule has 0 N–H and O–H groups in total. The van der Waals surface area contributed by atoms with Gasteiger partial charge in [0, 0.05) is 0 Å². The van der Waals surface area contributed by atoms with Crippen molar-refractivity contribution in [1.82, 2.24) is 0 Å². The summed E-state index contributed by atoms with van der Waals surface area (Å²) in [5, 5.41) is 0.767. The molecular weight excluding hydrogens is 231 g/mol. The first-order valence-electron chi connectivity index (χ1n) is 4.51. The Labute approximate surface area is 95.4 Å². The van der Waals surface area contributed by atoms with Crippen LogP contribution in [0.4, 0.5) is 4.39 Å². The van der Waals surface area contributed by atoms with Gasteiger partial charge in [-0.15, -0.1) is 11.3 Å². The molecule has 1 heterocycles. The van der Waals surface area contributed by atoms with Gasteiger partial charge in [-0.05, 0) is 17.5 Å². The van der Waals surface area contributed by atoms with Crippen molar-refractivity contribution in [3.63, 3.8) is 0 Å². The molecule has 0 saturated carbocycles. The molecule has 0 amide bonds. The zero-order chi connectivity index (χ0) is 11.7. The van der Waals surface area contributed by atoms with Crippen LogP contribution in [0.3, 0.4) is 0 Å². The summed E-state index contributed by atoms with van der Waals surface area (Å²) in [5.74, 6) is -0.699. The van der Waals surface area contributed by atoms with Crippen molar-refractivity contribution >= 4 is 27.4 Å². The number of carbonyl (C=O) groups is 1. The molecule has 2 rings (SSSR count). The maximum atomic E-state index is 13.4. The van der Waals surface area contributed by atoms with E-state index in [-0.39, 0.29) is 5.75 Å². The second-order valence-electron chi connectivity index (χ2n) is 3.10. The van der Waals surface area contributed by atoms with Gasteiger partial charge in [0.2, 0.25) is 0 Å². The standard InChI is InChI=1S/C11H9FO3S/c1-14-9-7(12)4-3-6-5-8(11(13)15-2)16-10(6)9/h3-5H,1-2H3. The van der Waals surface area contributed by atoms with E-state index in [2.05, 4.69) is 4.74 Å². The van der Waals surface area contributed by atoms with E-state index in [9.17, 15) is 9.18 Å². The molecule has 1 aromatic carbocycles. The highest BCUT2D eigenvalue weighted by Gasteiger charge is 2.15. The third kappa shape index (κ3) is 1.63. The van der Waals surface area contributed by atoms with Gasteiger partial charge in [-0.2, -0.15) is 0 Å². The van der Waals surface area contributed by atoms with Crippen LogP contribution in [-0.2, 0) is 4.74 Å². The number of fused-ring (bicyclic) bond motifs is 1. The summed E-state index contributed by atoms with van der Waals surface area (Å²) in [6.07, 6.45) is 0. The van der Waals surface area contributed by atoms with Crippen LogP contribution < -0.4 is 4.74 Å². The SMILES string of the molecule is COC(=O)c1cc2ccc(F)c(OC)c2s1. The summed E-state index contributed by atoms with van der Waals surface area (Å²) < 4.78 is 23.6. The maximum Gasteiger partial charge on any atom is 0.348 e. The van der Waals surface area contributed by atoms with Gasteiger partial charge in [0.1, 0.15) is 4.88 Å². The molecule has 0 aliphatic rings. The first-order chi connectivity index (χ1) is 7.67. The van der Waals surface area contributed by atoms with E-state index in [0.717, 1.165) is 16.7 Å². The molecule has 0 aliphatic heterocycles. The fraction of sp³-hybridized carbons (Fsp3) is 0.182. The molecule has 2 aromatic rings. The molecule has 0 atom stereocenters. The van der Waals surface area contributed by atoms with Gasteiger partial charge in [0.05, 0.1) is 18.9 Å². The molecule has 0 aliphatic carbocycles. The van der Waals surface area contributed by atoms with E-state index in [0.29, 0.717) is 9.58 Å². The minimum absolute atomic E-state index is 0.164. The van der Waals surface area contributed by atoms with Crippen molar-refractivity contribution in [1.29, 1.82) is 0 Å². The Hall–Kier alpha value is -1.62. The monoisotopic (exact) mass is 240 g/mol. The van der Waals surface area contributed by atoms with Crippen LogP contribution in [0.2, 0.25) is 0 Å². The van der Waals surface area contributed by atoms with E-state index < -0.39 is 11.8 Å². The minimum atomic E-state index is -0.437. The van der Waals surface area contributed by atoms with Crippen molar-refractivity contribution in [2.45, 2.75) is 0 Å². The average Bonchev–Trinajstić information content (AvgIpc) is 2.71. The number of benzene rings is 1. The molecule has 1 aromatic heterocycles. The maximum absolute atomic E-state index is 13.4. The van der Waals surface area contributed by atoms with Gasteiger partial charge in [0.15, 0.2) is 11.6 Å². The molecular formula is C11H9FO3S. The van der Waals surface area contributed by atoms with Crippen LogP contribution >= 0.6 is 11.3 Å². The Morgan fingerprint density at radius 1 is 1.38 bits per heavy atom. The van der Waals surface area contributed by atoms with Crippen molar-refractivity contribution < 1.29 is 18.7 Å². The predicted molar refractivity (Wildman–Crippen MR) is 59.7 cm³/mol. The van der Waals surface area contributed by atoms with Gasteiger partial charge in [-0.1, -0.05) is 6.07 Å². The van der Waals surface area contributed by atoms with Crippen molar-refractivity contribution in [3.05, 3.63) is 28.9 Å². The van der Waals surface area contributed by atoms with E-state index in [1.807, 2.05) is 0 Å². The molecule has 0 unspecified atom stereocenters. The lowest BCUT2D eigenvalue weighted by atomic mass is 10.2. The third-order valence-electron chi connectivity index (χ3n) is 2.18. The highest BCUT2D eigenvalue weighted by Crippen LogP contribution is 2.35. The Balaban J connectivity index is 2.65. The number of halogens is 1. The normalized spacial score (nSPS) is 10.4. The molecule has 5 heteroatoms. The van der Waals surface area contributed by atoms with Crippen LogP contribution in [-0.4, -0.2) is 20.2 Å². The van der Waals surface area contributed by atoms with Crippen LogP contribution in [0.5, 0.6) is 5.75 Å². The predicted octanol–water partition coefficient (Wildman–Crippen LogP) is 2.84. The number of esters is 1. The largest absolute Gasteiger partial charge is 0.492 e. The second kappa shape index (κ2) is 4.09. The Kier molecular flexibility index (Phi) is 2.78. The van der Waals surface area contributed by atoms with Crippen molar-refractivity contribution in [3.8, 4) is 5.75 Å². The molecule has 3 nitrogen and oxygen atoms in total. The topological polar surface area (TPSA) is 35.5 Å². The lowest BCUT2D eigenvalue weighted by Gasteiger charge is -2.01. The lowest BCUT2D eigenvalue weighted by Crippen LogP contribution is -1.96. The molecule has 0 saturated heterocycles. The summed E-state index contributed by atoms with van der Waals surface area (Å²) in [4.78, 5) is 11.8. The summed E-state index contributed by atoms with van der Waals surface area (Å²) in [5.41, 5.74) is 0. The lowest BCUT2D eigenvalue weighted by molar-refractivity contribution is 0.0606. The molecule has 0 radical (unpaired) electrons. The van der Waals surface area contributed by atoms with Gasteiger partial charge in [0.25, 0.3) is 0 Å². The number of hydrogen-bond acceptors (Lipinski definition) is 4. The highest BCUT2D eigenvalue weighted by atomic mass is 32.1. The highest BCUT2D eigenvalue weighted by molar-refractivity contribution is 7.21. The van der Waals surface area contributed by atoms with E-state index >= 15 is 0 Å². The van der Waals surface area contributed by atoms with Crippen LogP contribution in [0.15, 0.2) is 18.2 Å². The van der Waals surface area contributed by atoms with Gasteiger partial charge in [-0.3, -0.25) is 0 Å². The minimum Gasteiger partial charge on any atom is -0.492 e. The van der Waals surface area contributed by atoms with E-state index in [4.69, 9.17) is 4.74 Å². The van der Waals surface area contributed by atoms with Gasteiger partial charge < -0.3 is 9.47 Å². The second-order valence-corrected chi connectivity index (χ2v) is 4.15. The first kappa shape index (κ1) is 10.9. The number of hydrogen-bond donors (Lipinski definition) is 0. The smallest absolute Gasteiger partial charge is 0.348 e. The Morgan fingerprint density at radius 3 is 2.75 bits per heavy atom. The van der Waals surface area contributed by atoms with Crippen molar-refractivity contribution in [2.75, 3.05) is 14.2 Å². The van der Waals surface area contributed by atoms with Crippen LogP contribution in [0, 0.1) is 5.82 Å². The number of thiophene rings is 1. The van der Waals surface area contributed by atoms with Crippen LogP contribution in [0.1, 0.15) is 9.67 Å². The Bertz CT molecular complexity index is 547. The molecule has 84 valence electrons. The quantitative estimate of drug-likeness (QED) is 0.757. The number of methoxy groups -OCH3 is 2. The Morgan fingerprint density at radius 2 is 2.12 bits per heavy atom. The van der Waals surface area contributed by atoms with E-state index in [1.54, 1.807) is 12.1 Å². The third-order valence-corrected chi connectivity index (χ3v) is 3.31. The first-order valence-corrected chi connectivity index (χ1v) is 5.33. The zero-order valence-corrected chi connectivity index (χ0v) is 9.56. The van der Waals surface area contributed by atoms with Crippen LogP contribution in [0.25, 0.3) is 10.1 Å². The summed E-state index contributed by atoms with van der Waals surface area (Å²) in [6.45, 7) is 0. The molecule has 0 bridgehead atoms. The van der Waals surface area contributed by atoms with Gasteiger partial charge in [-0.25, -0.2) is 9.18 Å². The molecule has 0 spiro atoms. The van der Waals surface area contributed by atoms with Crippen molar-refractivity contribution in [2.24, 2.45) is 0 Å². The summed E-state index contributed by atoms with van der Waals surface area (Å²) in [7, 11) is 2.71.